The summed E-state index contributed by atoms with van der Waals surface area (Å²) >= 11 is 0. The van der Waals surface area contributed by atoms with E-state index in [0.717, 1.165) is 4.68 Å². The average Bonchev–Trinajstić information content (AvgIpc) is 2.88. The first-order valence-corrected chi connectivity index (χ1v) is 6.21. The van der Waals surface area contributed by atoms with Gasteiger partial charge in [0.05, 0.1) is 18.9 Å². The van der Waals surface area contributed by atoms with E-state index in [9.17, 15) is 13.6 Å². The maximum atomic E-state index is 12.3. The lowest BCUT2D eigenvalue weighted by atomic mass is 10.00. The zero-order chi connectivity index (χ0) is 15.6. The molecule has 0 unspecified atom stereocenters. The van der Waals surface area contributed by atoms with Gasteiger partial charge in [0.15, 0.2) is 0 Å². The molecular weight excluding hydrogens is 280 g/mol. The molecule has 2 N–H and O–H groups in total. The number of nitrogen functional groups attached to an aromatic ring is 1. The Balaban J connectivity index is 2.42. The highest BCUT2D eigenvalue weighted by atomic mass is 19.3. The van der Waals surface area contributed by atoms with Crippen molar-refractivity contribution in [3.8, 4) is 11.1 Å². The van der Waals surface area contributed by atoms with Crippen molar-refractivity contribution in [2.24, 2.45) is 0 Å². The second kappa shape index (κ2) is 5.90. The fourth-order valence-electron chi connectivity index (χ4n) is 1.98. The van der Waals surface area contributed by atoms with Gasteiger partial charge in [0.1, 0.15) is 6.54 Å². The van der Waals surface area contributed by atoms with E-state index in [1.165, 1.54) is 19.5 Å². The summed E-state index contributed by atoms with van der Waals surface area (Å²) in [6.45, 7) is 1.23. The monoisotopic (exact) mass is 295 g/mol. The first-order chi connectivity index (χ1) is 9.92. The molecule has 0 amide bonds. The number of ether oxygens (including phenoxy) is 1. The van der Waals surface area contributed by atoms with Crippen LogP contribution in [0.3, 0.4) is 0 Å². The Labute approximate surface area is 120 Å². The molecule has 21 heavy (non-hydrogen) atoms. The lowest BCUT2D eigenvalue weighted by molar-refractivity contribution is 0.0600. The SMILES string of the molecule is COC(=O)c1cc(-c2cnn(CC(F)F)c2)cc(N)c1C. The third kappa shape index (κ3) is 3.18. The van der Waals surface area contributed by atoms with Crippen LogP contribution in [0.5, 0.6) is 0 Å². The first kappa shape index (κ1) is 15.0. The summed E-state index contributed by atoms with van der Waals surface area (Å²) in [7, 11) is 1.28. The van der Waals surface area contributed by atoms with Crippen LogP contribution in [0.1, 0.15) is 15.9 Å². The normalized spacial score (nSPS) is 10.9. The van der Waals surface area contributed by atoms with Gasteiger partial charge in [-0.1, -0.05) is 0 Å². The highest BCUT2D eigenvalue weighted by Gasteiger charge is 2.15. The van der Waals surface area contributed by atoms with Crippen LogP contribution in [0, 0.1) is 6.92 Å². The summed E-state index contributed by atoms with van der Waals surface area (Å²) in [5, 5.41) is 3.86. The largest absolute Gasteiger partial charge is 0.465 e. The number of methoxy groups -OCH3 is 1. The fourth-order valence-corrected chi connectivity index (χ4v) is 1.98. The molecule has 0 saturated carbocycles. The number of hydrogen-bond acceptors (Lipinski definition) is 4. The second-order valence-corrected chi connectivity index (χ2v) is 4.57. The first-order valence-electron chi connectivity index (χ1n) is 6.21. The zero-order valence-corrected chi connectivity index (χ0v) is 11.6. The number of nitrogens with two attached hydrogens (primary N) is 1. The summed E-state index contributed by atoms with van der Waals surface area (Å²) < 4.78 is 30.5. The number of benzene rings is 1. The number of rotatable bonds is 4. The topological polar surface area (TPSA) is 70.1 Å². The fraction of sp³-hybridized carbons (Fsp3) is 0.286. The van der Waals surface area contributed by atoms with E-state index in [0.29, 0.717) is 27.9 Å². The number of carbonyl (C=O) groups excluding carboxylic acids is 1. The molecule has 0 bridgehead atoms. The molecule has 0 aliphatic carbocycles. The Morgan fingerprint density at radius 1 is 1.43 bits per heavy atom. The minimum Gasteiger partial charge on any atom is -0.465 e. The van der Waals surface area contributed by atoms with Gasteiger partial charge >= 0.3 is 5.97 Å². The Hall–Kier alpha value is -2.44. The quantitative estimate of drug-likeness (QED) is 0.695. The molecule has 0 saturated heterocycles. The van der Waals surface area contributed by atoms with Gasteiger partial charge in [0.25, 0.3) is 6.43 Å². The summed E-state index contributed by atoms with van der Waals surface area (Å²) in [6, 6.07) is 3.28. The third-order valence-corrected chi connectivity index (χ3v) is 3.14. The number of nitrogens with zero attached hydrogens (tertiary/aromatic N) is 2. The summed E-state index contributed by atoms with van der Waals surface area (Å²) in [5.74, 6) is -0.499. The van der Waals surface area contributed by atoms with E-state index in [2.05, 4.69) is 5.10 Å². The molecule has 0 radical (unpaired) electrons. The summed E-state index contributed by atoms with van der Waals surface area (Å²) in [5.41, 5.74) is 8.50. The number of alkyl halides is 2. The molecule has 0 aliphatic heterocycles. The highest BCUT2D eigenvalue weighted by Crippen LogP contribution is 2.27. The van der Waals surface area contributed by atoms with Crippen molar-refractivity contribution in [2.75, 3.05) is 12.8 Å². The molecule has 0 atom stereocenters. The standard InChI is InChI=1S/C14H15F2N3O2/c1-8-11(14(20)21-2)3-9(4-12(8)17)10-5-18-19(6-10)7-13(15)16/h3-6,13H,7,17H2,1-2H3. The maximum absolute atomic E-state index is 12.3. The summed E-state index contributed by atoms with van der Waals surface area (Å²) in [4.78, 5) is 11.7. The van der Waals surface area contributed by atoms with Gasteiger partial charge in [-0.25, -0.2) is 13.6 Å². The van der Waals surface area contributed by atoms with Crippen molar-refractivity contribution in [1.82, 2.24) is 9.78 Å². The Kier molecular flexibility index (Phi) is 4.21. The van der Waals surface area contributed by atoms with Crippen molar-refractivity contribution in [3.05, 3.63) is 35.7 Å². The van der Waals surface area contributed by atoms with Crippen molar-refractivity contribution >= 4 is 11.7 Å². The molecule has 0 fully saturated rings. The van der Waals surface area contributed by atoms with Gasteiger partial charge < -0.3 is 10.5 Å². The molecule has 0 aliphatic rings. The number of aromatic nitrogens is 2. The van der Waals surface area contributed by atoms with E-state index >= 15 is 0 Å². The van der Waals surface area contributed by atoms with E-state index in [1.54, 1.807) is 19.1 Å². The predicted molar refractivity (Wildman–Crippen MR) is 74.2 cm³/mol. The van der Waals surface area contributed by atoms with Gasteiger partial charge in [-0.3, -0.25) is 4.68 Å². The molecule has 7 heteroatoms. The van der Waals surface area contributed by atoms with E-state index in [1.807, 2.05) is 0 Å². The number of esters is 1. The second-order valence-electron chi connectivity index (χ2n) is 4.57. The molecule has 1 aromatic heterocycles. The van der Waals surface area contributed by atoms with Crippen LogP contribution in [0.25, 0.3) is 11.1 Å². The van der Waals surface area contributed by atoms with Crippen LogP contribution < -0.4 is 5.73 Å². The van der Waals surface area contributed by atoms with Crippen LogP contribution in [-0.2, 0) is 11.3 Å². The molecule has 5 nitrogen and oxygen atoms in total. The van der Waals surface area contributed by atoms with Gasteiger partial charge in [0.2, 0.25) is 0 Å². The number of halogens is 2. The van der Waals surface area contributed by atoms with Crippen molar-refractivity contribution < 1.29 is 18.3 Å². The van der Waals surface area contributed by atoms with Crippen LogP contribution in [0.15, 0.2) is 24.5 Å². The molecule has 1 aromatic carbocycles. The Morgan fingerprint density at radius 2 is 2.14 bits per heavy atom. The number of hydrogen-bond donors (Lipinski definition) is 1. The maximum Gasteiger partial charge on any atom is 0.338 e. The van der Waals surface area contributed by atoms with Gasteiger partial charge in [-0.15, -0.1) is 0 Å². The van der Waals surface area contributed by atoms with Crippen molar-refractivity contribution in [3.63, 3.8) is 0 Å². The Morgan fingerprint density at radius 3 is 2.76 bits per heavy atom. The van der Waals surface area contributed by atoms with Gasteiger partial charge in [0, 0.05) is 17.4 Å². The van der Waals surface area contributed by atoms with E-state index < -0.39 is 18.9 Å². The minimum absolute atomic E-state index is 0.342. The van der Waals surface area contributed by atoms with Crippen LogP contribution in [0.4, 0.5) is 14.5 Å². The molecule has 112 valence electrons. The predicted octanol–water partition coefficient (Wildman–Crippen LogP) is 2.49. The van der Waals surface area contributed by atoms with Gasteiger partial charge in [-0.05, 0) is 30.2 Å². The molecular formula is C14H15F2N3O2. The van der Waals surface area contributed by atoms with E-state index in [-0.39, 0.29) is 0 Å². The number of carbonyl (C=O) groups is 1. The van der Waals surface area contributed by atoms with Crippen molar-refractivity contribution in [1.29, 1.82) is 0 Å². The Bertz CT molecular complexity index is 668. The minimum atomic E-state index is -2.48. The lowest BCUT2D eigenvalue weighted by Crippen LogP contribution is -2.07. The molecule has 2 rings (SSSR count). The molecule has 0 spiro atoms. The highest BCUT2D eigenvalue weighted by molar-refractivity contribution is 5.94. The number of anilines is 1. The zero-order valence-electron chi connectivity index (χ0n) is 11.6. The van der Waals surface area contributed by atoms with Crippen molar-refractivity contribution in [2.45, 2.75) is 19.9 Å². The van der Waals surface area contributed by atoms with Gasteiger partial charge in [-0.2, -0.15) is 5.10 Å². The smallest absolute Gasteiger partial charge is 0.338 e. The van der Waals surface area contributed by atoms with Crippen LogP contribution in [0.2, 0.25) is 0 Å². The molecule has 2 aromatic rings. The van der Waals surface area contributed by atoms with Crippen LogP contribution >= 0.6 is 0 Å². The third-order valence-electron chi connectivity index (χ3n) is 3.14. The molecule has 1 heterocycles. The van der Waals surface area contributed by atoms with E-state index in [4.69, 9.17) is 10.5 Å². The average molecular weight is 295 g/mol. The summed E-state index contributed by atoms with van der Waals surface area (Å²) in [6.07, 6.45) is 0.455. The van der Waals surface area contributed by atoms with Crippen LogP contribution in [-0.4, -0.2) is 29.3 Å². The lowest BCUT2D eigenvalue weighted by Gasteiger charge is -2.09.